The van der Waals surface area contributed by atoms with E-state index < -0.39 is 0 Å². The molecule has 2 N–H and O–H groups in total. The monoisotopic (exact) mass is 352 g/mol. The van der Waals surface area contributed by atoms with Crippen LogP contribution in [0.3, 0.4) is 0 Å². The van der Waals surface area contributed by atoms with Crippen LogP contribution in [0.5, 0.6) is 0 Å². The summed E-state index contributed by atoms with van der Waals surface area (Å²) in [4.78, 5) is 2.58. The molecular weight excluding hydrogens is 324 g/mol. The summed E-state index contributed by atoms with van der Waals surface area (Å²) >= 11 is 0. The Morgan fingerprint density at radius 3 is 2.92 bits per heavy atom. The van der Waals surface area contributed by atoms with Crippen LogP contribution in [0.15, 0.2) is 30.5 Å². The minimum atomic E-state index is 0.639. The van der Waals surface area contributed by atoms with Gasteiger partial charge < -0.3 is 15.0 Å². The van der Waals surface area contributed by atoms with Crippen LogP contribution in [-0.2, 0) is 0 Å². The van der Waals surface area contributed by atoms with E-state index in [1.807, 2.05) is 6.92 Å². The molecule has 138 valence electrons. The van der Waals surface area contributed by atoms with Crippen molar-refractivity contribution in [2.45, 2.75) is 32.7 Å². The first kappa shape index (κ1) is 17.2. The van der Waals surface area contributed by atoms with E-state index in [-0.39, 0.29) is 0 Å². The highest BCUT2D eigenvalue weighted by Crippen LogP contribution is 2.27. The average molecular weight is 352 g/mol. The number of hydrogen-bond donors (Lipinski definition) is 2. The van der Waals surface area contributed by atoms with Gasteiger partial charge >= 0.3 is 0 Å². The Balaban J connectivity index is 1.42. The number of aromatic nitrogens is 3. The normalized spacial score (nSPS) is 17.0. The maximum atomic E-state index is 4.42. The Labute approximate surface area is 154 Å². The van der Waals surface area contributed by atoms with E-state index in [1.54, 1.807) is 0 Å². The summed E-state index contributed by atoms with van der Waals surface area (Å²) in [5, 5.41) is 16.9. The Hall–Kier alpha value is -2.18. The number of fused-ring (bicyclic) bond motifs is 3. The Morgan fingerprint density at radius 2 is 2.08 bits per heavy atom. The molecule has 1 saturated heterocycles. The van der Waals surface area contributed by atoms with Crippen LogP contribution in [0.1, 0.15) is 25.5 Å². The number of aryl methyl sites for hydroxylation is 1. The van der Waals surface area contributed by atoms with Crippen molar-refractivity contribution < 1.29 is 0 Å². The van der Waals surface area contributed by atoms with Gasteiger partial charge in [0.1, 0.15) is 0 Å². The number of hydrogen-bond acceptors (Lipinski definition) is 5. The molecule has 6 nitrogen and oxygen atoms in total. The van der Waals surface area contributed by atoms with E-state index in [0.717, 1.165) is 61.6 Å². The molecule has 0 aliphatic carbocycles. The molecule has 26 heavy (non-hydrogen) atoms. The van der Waals surface area contributed by atoms with Crippen molar-refractivity contribution >= 4 is 22.2 Å². The molecule has 0 amide bonds. The molecule has 1 atom stereocenters. The lowest BCUT2D eigenvalue weighted by molar-refractivity contribution is 0.175. The summed E-state index contributed by atoms with van der Waals surface area (Å²) in [6.07, 6.45) is 4.42. The third-order valence-corrected chi connectivity index (χ3v) is 5.44. The number of nitrogens with one attached hydrogen (secondary N) is 2. The van der Waals surface area contributed by atoms with E-state index in [4.69, 9.17) is 0 Å². The second-order valence-electron chi connectivity index (χ2n) is 7.24. The largest absolute Gasteiger partial charge is 0.368 e. The van der Waals surface area contributed by atoms with Gasteiger partial charge in [-0.25, -0.2) is 0 Å². The summed E-state index contributed by atoms with van der Waals surface area (Å²) in [5.74, 6) is 0.893. The molecule has 0 bridgehead atoms. The zero-order valence-corrected chi connectivity index (χ0v) is 15.7. The molecular formula is C20H28N6. The van der Waals surface area contributed by atoms with Crippen molar-refractivity contribution in [2.24, 2.45) is 0 Å². The van der Waals surface area contributed by atoms with Gasteiger partial charge in [0.2, 0.25) is 0 Å². The molecule has 0 radical (unpaired) electrons. The van der Waals surface area contributed by atoms with Crippen molar-refractivity contribution in [1.29, 1.82) is 0 Å². The highest BCUT2D eigenvalue weighted by atomic mass is 15.2. The Kier molecular flexibility index (Phi) is 5.04. The third-order valence-electron chi connectivity index (χ3n) is 5.44. The number of nitrogens with zero attached hydrogens (tertiary/aromatic N) is 4. The second-order valence-corrected chi connectivity index (χ2v) is 7.24. The smallest absolute Gasteiger partial charge is 0.158 e. The summed E-state index contributed by atoms with van der Waals surface area (Å²) in [6, 6.07) is 9.08. The number of piperazine rings is 1. The van der Waals surface area contributed by atoms with E-state index in [0.29, 0.717) is 6.04 Å². The van der Waals surface area contributed by atoms with Gasteiger partial charge in [-0.1, -0.05) is 6.07 Å². The molecule has 1 aliphatic heterocycles. The molecule has 1 aliphatic rings. The van der Waals surface area contributed by atoms with Gasteiger partial charge in [0.25, 0.3) is 0 Å². The van der Waals surface area contributed by atoms with Crippen LogP contribution in [0.4, 0.5) is 5.82 Å². The first-order valence-corrected chi connectivity index (χ1v) is 9.66. The van der Waals surface area contributed by atoms with Crippen LogP contribution < -0.4 is 10.6 Å². The molecule has 0 saturated carbocycles. The summed E-state index contributed by atoms with van der Waals surface area (Å²) in [6.45, 7) is 9.84. The molecule has 1 unspecified atom stereocenters. The zero-order chi connectivity index (χ0) is 17.9. The molecule has 4 heterocycles. The van der Waals surface area contributed by atoms with Crippen molar-refractivity contribution in [3.8, 4) is 0 Å². The topological polar surface area (TPSA) is 57.5 Å². The van der Waals surface area contributed by atoms with E-state index in [9.17, 15) is 0 Å². The maximum absolute atomic E-state index is 4.42. The molecule has 3 aromatic heterocycles. The highest BCUT2D eigenvalue weighted by Gasteiger charge is 2.16. The second kappa shape index (κ2) is 7.60. The third kappa shape index (κ3) is 3.39. The van der Waals surface area contributed by atoms with Gasteiger partial charge in [-0.3, -0.25) is 4.90 Å². The summed E-state index contributed by atoms with van der Waals surface area (Å²) < 4.78 is 2.19. The minimum absolute atomic E-state index is 0.639. The fourth-order valence-electron chi connectivity index (χ4n) is 3.94. The van der Waals surface area contributed by atoms with Gasteiger partial charge in [-0.15, -0.1) is 5.10 Å². The van der Waals surface area contributed by atoms with E-state index in [2.05, 4.69) is 67.5 Å². The van der Waals surface area contributed by atoms with E-state index in [1.165, 1.54) is 11.9 Å². The van der Waals surface area contributed by atoms with Gasteiger partial charge in [0.15, 0.2) is 5.82 Å². The van der Waals surface area contributed by atoms with Crippen molar-refractivity contribution in [1.82, 2.24) is 24.8 Å². The highest BCUT2D eigenvalue weighted by molar-refractivity contribution is 5.96. The lowest BCUT2D eigenvalue weighted by atomic mass is 10.1. The van der Waals surface area contributed by atoms with Crippen molar-refractivity contribution in [3.05, 3.63) is 36.2 Å². The number of pyridine rings is 1. The predicted octanol–water partition coefficient (Wildman–Crippen LogP) is 2.68. The average Bonchev–Trinajstić information content (AvgIpc) is 3.08. The first-order valence-electron chi connectivity index (χ1n) is 9.66. The SMILES string of the molecule is Cc1nnc(NCCCC(C)N2CCNCC2)c2cc3ccccn3c12. The molecule has 4 rings (SSSR count). The minimum Gasteiger partial charge on any atom is -0.368 e. The molecule has 3 aromatic rings. The quantitative estimate of drug-likeness (QED) is 0.668. The molecule has 0 spiro atoms. The standard InChI is InChI=1S/C20H28N6/c1-15(25-12-9-21-10-13-25)6-5-8-22-20-18-14-17-7-3-4-11-26(17)19(18)16(2)23-24-20/h3-4,7,11,14-15,21H,5-6,8-10,12-13H2,1-2H3,(H,22,24). The maximum Gasteiger partial charge on any atom is 0.158 e. The van der Waals surface area contributed by atoms with Gasteiger partial charge in [-0.05, 0) is 44.9 Å². The van der Waals surface area contributed by atoms with Crippen molar-refractivity contribution in [2.75, 3.05) is 38.0 Å². The Morgan fingerprint density at radius 1 is 1.23 bits per heavy atom. The number of anilines is 1. The van der Waals surface area contributed by atoms with Crippen LogP contribution in [0, 0.1) is 6.92 Å². The van der Waals surface area contributed by atoms with Crippen LogP contribution in [-0.4, -0.2) is 58.3 Å². The fraction of sp³-hybridized carbons (Fsp3) is 0.500. The number of rotatable bonds is 6. The lowest BCUT2D eigenvalue weighted by Crippen LogP contribution is -2.47. The first-order chi connectivity index (χ1) is 12.7. The van der Waals surface area contributed by atoms with Gasteiger partial charge in [-0.2, -0.15) is 5.10 Å². The molecule has 0 aromatic carbocycles. The summed E-state index contributed by atoms with van der Waals surface area (Å²) in [5.41, 5.74) is 3.28. The van der Waals surface area contributed by atoms with Crippen LogP contribution in [0.2, 0.25) is 0 Å². The van der Waals surface area contributed by atoms with Crippen LogP contribution >= 0.6 is 0 Å². The fourth-order valence-corrected chi connectivity index (χ4v) is 3.94. The predicted molar refractivity (Wildman–Crippen MR) is 107 cm³/mol. The zero-order valence-electron chi connectivity index (χ0n) is 15.7. The van der Waals surface area contributed by atoms with Crippen molar-refractivity contribution in [3.63, 3.8) is 0 Å². The van der Waals surface area contributed by atoms with Gasteiger partial charge in [0.05, 0.1) is 11.2 Å². The van der Waals surface area contributed by atoms with Crippen LogP contribution in [0.25, 0.3) is 16.4 Å². The lowest BCUT2D eigenvalue weighted by Gasteiger charge is -2.32. The Bertz CT molecular complexity index is 881. The molecule has 6 heteroatoms. The summed E-state index contributed by atoms with van der Waals surface area (Å²) in [7, 11) is 0. The van der Waals surface area contributed by atoms with E-state index >= 15 is 0 Å². The molecule has 1 fully saturated rings. The van der Waals surface area contributed by atoms with Gasteiger partial charge in [0, 0.05) is 55.9 Å².